The molecule has 2 aromatic rings. The summed E-state index contributed by atoms with van der Waals surface area (Å²) in [6, 6.07) is 8.22. The number of ketones is 1. The Morgan fingerprint density at radius 1 is 1.25 bits per heavy atom. The number of Topliss-reactive ketones (excluding diaryl/α,β-unsaturated/α-hetero) is 1. The van der Waals surface area contributed by atoms with Gasteiger partial charge < -0.3 is 0 Å². The lowest BCUT2D eigenvalue weighted by Gasteiger charge is -2.05. The van der Waals surface area contributed by atoms with Gasteiger partial charge in [0.15, 0.2) is 5.78 Å². The quantitative estimate of drug-likeness (QED) is 0.799. The molecule has 0 aliphatic heterocycles. The normalized spacial score (nSPS) is 13.5. The van der Waals surface area contributed by atoms with Crippen LogP contribution >= 0.6 is 0 Å². The molecule has 3 heteroatoms. The van der Waals surface area contributed by atoms with Crippen molar-refractivity contribution in [1.82, 2.24) is 9.78 Å². The SMILES string of the molecule is CCc1cc(CC(=O)c2ccc3c(c2)CCC3)n(C)n1. The van der Waals surface area contributed by atoms with E-state index in [2.05, 4.69) is 24.2 Å². The minimum absolute atomic E-state index is 0.186. The molecule has 0 saturated carbocycles. The number of hydrogen-bond acceptors (Lipinski definition) is 2. The van der Waals surface area contributed by atoms with Crippen molar-refractivity contribution in [3.05, 3.63) is 52.3 Å². The molecule has 0 unspecified atom stereocenters. The van der Waals surface area contributed by atoms with E-state index in [0.29, 0.717) is 6.42 Å². The van der Waals surface area contributed by atoms with Crippen LogP contribution in [0.3, 0.4) is 0 Å². The lowest BCUT2D eigenvalue weighted by Crippen LogP contribution is -2.08. The molecule has 1 aromatic heterocycles. The first-order valence-electron chi connectivity index (χ1n) is 7.34. The monoisotopic (exact) mass is 268 g/mol. The number of nitrogens with zero attached hydrogens (tertiary/aromatic N) is 2. The number of carbonyl (C=O) groups excluding carboxylic acids is 1. The minimum Gasteiger partial charge on any atom is -0.294 e. The summed E-state index contributed by atoms with van der Waals surface area (Å²) in [6.07, 6.45) is 4.82. The zero-order valence-corrected chi connectivity index (χ0v) is 12.1. The number of benzene rings is 1. The molecule has 0 N–H and O–H groups in total. The molecule has 3 nitrogen and oxygen atoms in total. The Bertz CT molecular complexity index is 655. The molecule has 3 rings (SSSR count). The van der Waals surface area contributed by atoms with Crippen LogP contribution in [0.5, 0.6) is 0 Å². The molecule has 20 heavy (non-hydrogen) atoms. The van der Waals surface area contributed by atoms with Gasteiger partial charge >= 0.3 is 0 Å². The molecule has 0 bridgehead atoms. The second-order valence-corrected chi connectivity index (χ2v) is 5.54. The molecular formula is C17H20N2O. The van der Waals surface area contributed by atoms with Gasteiger partial charge in [-0.05, 0) is 48.9 Å². The van der Waals surface area contributed by atoms with Crippen LogP contribution in [-0.4, -0.2) is 15.6 Å². The van der Waals surface area contributed by atoms with E-state index in [1.165, 1.54) is 17.5 Å². The van der Waals surface area contributed by atoms with Crippen molar-refractivity contribution in [2.45, 2.75) is 39.0 Å². The molecule has 1 heterocycles. The van der Waals surface area contributed by atoms with Gasteiger partial charge in [-0.1, -0.05) is 19.1 Å². The average molecular weight is 268 g/mol. The first-order valence-corrected chi connectivity index (χ1v) is 7.34. The molecule has 104 valence electrons. The smallest absolute Gasteiger partial charge is 0.168 e. The maximum absolute atomic E-state index is 12.4. The Morgan fingerprint density at radius 2 is 2.05 bits per heavy atom. The van der Waals surface area contributed by atoms with Crippen molar-refractivity contribution in [1.29, 1.82) is 0 Å². The summed E-state index contributed by atoms with van der Waals surface area (Å²) in [5.41, 5.74) is 5.65. The summed E-state index contributed by atoms with van der Waals surface area (Å²) in [7, 11) is 1.91. The maximum Gasteiger partial charge on any atom is 0.168 e. The molecule has 1 aromatic carbocycles. The summed E-state index contributed by atoms with van der Waals surface area (Å²) < 4.78 is 1.82. The Balaban J connectivity index is 1.80. The first-order chi connectivity index (χ1) is 9.67. The summed E-state index contributed by atoms with van der Waals surface area (Å²) in [5, 5.41) is 4.40. The van der Waals surface area contributed by atoms with E-state index in [0.717, 1.165) is 36.2 Å². The molecule has 0 spiro atoms. The van der Waals surface area contributed by atoms with Gasteiger partial charge in [0.2, 0.25) is 0 Å². The van der Waals surface area contributed by atoms with Crippen molar-refractivity contribution in [3.8, 4) is 0 Å². The van der Waals surface area contributed by atoms with Crippen LogP contribution in [0, 0.1) is 0 Å². The molecule has 0 radical (unpaired) electrons. The third kappa shape index (κ3) is 2.40. The van der Waals surface area contributed by atoms with E-state index in [9.17, 15) is 4.79 Å². The zero-order valence-electron chi connectivity index (χ0n) is 12.1. The number of aryl methyl sites for hydroxylation is 4. The maximum atomic E-state index is 12.4. The van der Waals surface area contributed by atoms with E-state index < -0.39 is 0 Å². The van der Waals surface area contributed by atoms with E-state index in [1.54, 1.807) is 0 Å². The van der Waals surface area contributed by atoms with Gasteiger partial charge in [-0.3, -0.25) is 9.48 Å². The standard InChI is InChI=1S/C17H20N2O/c1-3-15-10-16(19(2)18-15)11-17(20)14-8-7-12-5-4-6-13(12)9-14/h7-10H,3-6,11H2,1-2H3. The van der Waals surface area contributed by atoms with Gasteiger partial charge in [0, 0.05) is 18.3 Å². The Labute approximate surface area is 119 Å². The molecular weight excluding hydrogens is 248 g/mol. The first kappa shape index (κ1) is 13.1. The van der Waals surface area contributed by atoms with Gasteiger partial charge in [-0.2, -0.15) is 5.10 Å². The number of rotatable bonds is 4. The zero-order chi connectivity index (χ0) is 14.1. The fraction of sp³-hybridized carbons (Fsp3) is 0.412. The summed E-state index contributed by atoms with van der Waals surface area (Å²) in [4.78, 5) is 12.4. The second-order valence-electron chi connectivity index (χ2n) is 5.54. The third-order valence-electron chi connectivity index (χ3n) is 4.15. The van der Waals surface area contributed by atoms with Gasteiger partial charge in [0.05, 0.1) is 12.1 Å². The van der Waals surface area contributed by atoms with Crippen molar-refractivity contribution in [3.63, 3.8) is 0 Å². The molecule has 0 atom stereocenters. The Morgan fingerprint density at radius 3 is 2.80 bits per heavy atom. The predicted octanol–water partition coefficient (Wildman–Crippen LogP) is 2.90. The van der Waals surface area contributed by atoms with Crippen LogP contribution in [0.25, 0.3) is 0 Å². The third-order valence-corrected chi connectivity index (χ3v) is 4.15. The number of aromatic nitrogens is 2. The fourth-order valence-electron chi connectivity index (χ4n) is 2.92. The summed E-state index contributed by atoms with van der Waals surface area (Å²) in [5.74, 6) is 0.186. The fourth-order valence-corrected chi connectivity index (χ4v) is 2.92. The van der Waals surface area contributed by atoms with Crippen molar-refractivity contribution < 1.29 is 4.79 Å². The van der Waals surface area contributed by atoms with Crippen LogP contribution in [0.2, 0.25) is 0 Å². The van der Waals surface area contributed by atoms with Gasteiger partial charge in [0.25, 0.3) is 0 Å². The van der Waals surface area contributed by atoms with Crippen LogP contribution in [0.1, 0.15) is 46.2 Å². The van der Waals surface area contributed by atoms with E-state index in [4.69, 9.17) is 0 Å². The highest BCUT2D eigenvalue weighted by Crippen LogP contribution is 2.23. The highest BCUT2D eigenvalue weighted by atomic mass is 16.1. The highest BCUT2D eigenvalue weighted by molar-refractivity contribution is 5.97. The van der Waals surface area contributed by atoms with Crippen LogP contribution in [0.15, 0.2) is 24.3 Å². The van der Waals surface area contributed by atoms with E-state index in [1.807, 2.05) is 23.9 Å². The van der Waals surface area contributed by atoms with Crippen molar-refractivity contribution in [2.24, 2.45) is 7.05 Å². The van der Waals surface area contributed by atoms with Gasteiger partial charge in [0.1, 0.15) is 0 Å². The topological polar surface area (TPSA) is 34.9 Å². The largest absolute Gasteiger partial charge is 0.294 e. The minimum atomic E-state index is 0.186. The average Bonchev–Trinajstić information content (AvgIpc) is 3.04. The number of fused-ring (bicyclic) bond motifs is 1. The van der Waals surface area contributed by atoms with Crippen molar-refractivity contribution in [2.75, 3.05) is 0 Å². The highest BCUT2D eigenvalue weighted by Gasteiger charge is 2.15. The lowest BCUT2D eigenvalue weighted by atomic mass is 10.0. The van der Waals surface area contributed by atoms with Crippen molar-refractivity contribution >= 4 is 5.78 Å². The predicted molar refractivity (Wildman–Crippen MR) is 79.1 cm³/mol. The number of hydrogen-bond donors (Lipinski definition) is 0. The molecule has 0 saturated heterocycles. The number of carbonyl (C=O) groups is 1. The van der Waals surface area contributed by atoms with Crippen LogP contribution < -0.4 is 0 Å². The van der Waals surface area contributed by atoms with Gasteiger partial charge in [-0.25, -0.2) is 0 Å². The molecule has 1 aliphatic carbocycles. The Hall–Kier alpha value is -1.90. The second kappa shape index (κ2) is 5.23. The van der Waals surface area contributed by atoms with Gasteiger partial charge in [-0.15, -0.1) is 0 Å². The molecule has 0 fully saturated rings. The molecule has 0 amide bonds. The van der Waals surface area contributed by atoms with Crippen LogP contribution in [-0.2, 0) is 32.7 Å². The van der Waals surface area contributed by atoms with E-state index >= 15 is 0 Å². The lowest BCUT2D eigenvalue weighted by molar-refractivity contribution is 0.0990. The Kier molecular flexibility index (Phi) is 3.43. The summed E-state index contributed by atoms with van der Waals surface area (Å²) in [6.45, 7) is 2.08. The molecule has 1 aliphatic rings. The van der Waals surface area contributed by atoms with E-state index in [-0.39, 0.29) is 5.78 Å². The summed E-state index contributed by atoms with van der Waals surface area (Å²) >= 11 is 0. The van der Waals surface area contributed by atoms with Crippen LogP contribution in [0.4, 0.5) is 0 Å².